The number of aliphatic imine (C=N–C) groups is 1. The summed E-state index contributed by atoms with van der Waals surface area (Å²) >= 11 is 0. The van der Waals surface area contributed by atoms with Crippen LogP contribution in [-0.2, 0) is 0 Å². The molecule has 1 aromatic rings. The van der Waals surface area contributed by atoms with Gasteiger partial charge in [0.1, 0.15) is 12.4 Å². The molecular weight excluding hydrogens is 182 g/mol. The Labute approximate surface area is 80.6 Å². The Bertz CT molecular complexity index is 375. The van der Waals surface area contributed by atoms with Crippen LogP contribution in [0.1, 0.15) is 5.56 Å². The summed E-state index contributed by atoms with van der Waals surface area (Å²) in [4.78, 5) is 14.0. The number of hydrogen-bond donors (Lipinski definition) is 1. The summed E-state index contributed by atoms with van der Waals surface area (Å²) < 4.78 is 0. The maximum atomic E-state index is 10.4. The Morgan fingerprint density at radius 3 is 2.71 bits per heavy atom. The second-order valence-electron chi connectivity index (χ2n) is 2.99. The molecule has 0 fully saturated rings. The lowest BCUT2D eigenvalue weighted by Crippen LogP contribution is -2.25. The van der Waals surface area contributed by atoms with Crippen LogP contribution in [-0.4, -0.2) is 23.5 Å². The highest BCUT2D eigenvalue weighted by Crippen LogP contribution is 2.06. The van der Waals surface area contributed by atoms with Crippen LogP contribution in [0.25, 0.3) is 0 Å². The van der Waals surface area contributed by atoms with E-state index in [4.69, 9.17) is 0 Å². The predicted molar refractivity (Wildman–Crippen MR) is 51.8 cm³/mol. The maximum absolute atomic E-state index is 10.4. The van der Waals surface area contributed by atoms with Crippen molar-refractivity contribution in [2.24, 2.45) is 4.99 Å². The van der Waals surface area contributed by atoms with Gasteiger partial charge < -0.3 is 5.32 Å². The highest BCUT2D eigenvalue weighted by atomic mass is 16.6. The van der Waals surface area contributed by atoms with Gasteiger partial charge in [-0.05, 0) is 0 Å². The molecule has 1 atom stereocenters. The fourth-order valence-electron chi connectivity index (χ4n) is 1.32. The van der Waals surface area contributed by atoms with Crippen molar-refractivity contribution in [1.82, 2.24) is 5.32 Å². The van der Waals surface area contributed by atoms with Crippen LogP contribution in [0.15, 0.2) is 35.3 Å². The second-order valence-corrected chi connectivity index (χ2v) is 2.99. The first-order chi connectivity index (χ1) is 6.77. The van der Waals surface area contributed by atoms with Crippen molar-refractivity contribution in [3.05, 3.63) is 46.0 Å². The molecular formula is C9H9N3O2. The molecule has 1 N–H and O–H groups in total. The third-order valence-electron chi connectivity index (χ3n) is 2.02. The minimum absolute atomic E-state index is 0.275. The zero-order valence-electron chi connectivity index (χ0n) is 7.38. The minimum atomic E-state index is -0.842. The lowest BCUT2D eigenvalue weighted by atomic mass is 10.2. The van der Waals surface area contributed by atoms with Gasteiger partial charge in [-0.1, -0.05) is 30.3 Å². The summed E-state index contributed by atoms with van der Waals surface area (Å²) in [7, 11) is 0. The van der Waals surface area contributed by atoms with Crippen molar-refractivity contribution in [2.75, 3.05) is 6.54 Å². The number of benzene rings is 1. The van der Waals surface area contributed by atoms with Crippen molar-refractivity contribution >= 4 is 5.84 Å². The molecule has 0 aromatic heterocycles. The van der Waals surface area contributed by atoms with Crippen LogP contribution in [0.2, 0.25) is 0 Å². The topological polar surface area (TPSA) is 67.5 Å². The molecule has 0 aliphatic carbocycles. The standard InChI is InChI=1S/C9H9N3O2/c13-12(14)8-6-10-9(11-8)7-4-2-1-3-5-7/h1-5,8H,6H2,(H,10,11). The van der Waals surface area contributed by atoms with E-state index in [0.717, 1.165) is 5.56 Å². The molecule has 0 saturated carbocycles. The van der Waals surface area contributed by atoms with Gasteiger partial charge in [0, 0.05) is 10.5 Å². The third-order valence-corrected chi connectivity index (χ3v) is 2.02. The summed E-state index contributed by atoms with van der Waals surface area (Å²) in [5.74, 6) is 0.604. The van der Waals surface area contributed by atoms with Crippen LogP contribution < -0.4 is 5.32 Å². The van der Waals surface area contributed by atoms with Gasteiger partial charge in [0.05, 0.1) is 0 Å². The van der Waals surface area contributed by atoms with Crippen molar-refractivity contribution in [1.29, 1.82) is 0 Å². The Hall–Kier alpha value is -1.91. The fourth-order valence-corrected chi connectivity index (χ4v) is 1.32. The number of nitrogens with one attached hydrogen (secondary N) is 1. The van der Waals surface area contributed by atoms with Crippen molar-refractivity contribution in [3.63, 3.8) is 0 Å². The van der Waals surface area contributed by atoms with Crippen molar-refractivity contribution in [3.8, 4) is 0 Å². The average Bonchev–Trinajstić information content (AvgIpc) is 2.68. The second kappa shape index (κ2) is 3.45. The normalized spacial score (nSPS) is 20.0. The fraction of sp³-hybridized carbons (Fsp3) is 0.222. The van der Waals surface area contributed by atoms with Gasteiger partial charge in [0.15, 0.2) is 0 Å². The van der Waals surface area contributed by atoms with E-state index in [1.807, 2.05) is 30.3 Å². The van der Waals surface area contributed by atoms with E-state index >= 15 is 0 Å². The lowest BCUT2D eigenvalue weighted by Gasteiger charge is -1.98. The number of nitro groups is 1. The van der Waals surface area contributed by atoms with Crippen LogP contribution in [0, 0.1) is 10.1 Å². The van der Waals surface area contributed by atoms with E-state index in [0.29, 0.717) is 5.84 Å². The largest absolute Gasteiger partial charge is 0.361 e. The van der Waals surface area contributed by atoms with Gasteiger partial charge in [0.25, 0.3) is 0 Å². The number of hydrogen-bond acceptors (Lipinski definition) is 4. The van der Waals surface area contributed by atoms with Gasteiger partial charge in [-0.2, -0.15) is 4.99 Å². The van der Waals surface area contributed by atoms with Gasteiger partial charge >= 0.3 is 6.17 Å². The molecule has 1 aliphatic heterocycles. The Balaban J connectivity index is 2.22. The Morgan fingerprint density at radius 2 is 2.14 bits per heavy atom. The molecule has 1 heterocycles. The van der Waals surface area contributed by atoms with Crippen molar-refractivity contribution in [2.45, 2.75) is 6.17 Å². The zero-order valence-corrected chi connectivity index (χ0v) is 7.38. The summed E-state index contributed by atoms with van der Waals surface area (Å²) in [5, 5.41) is 13.3. The molecule has 2 rings (SSSR count). The predicted octanol–water partition coefficient (Wildman–Crippen LogP) is 0.639. The van der Waals surface area contributed by atoms with Crippen LogP contribution in [0.5, 0.6) is 0 Å². The average molecular weight is 191 g/mol. The molecule has 1 aliphatic rings. The number of amidine groups is 1. The van der Waals surface area contributed by atoms with E-state index < -0.39 is 6.17 Å². The summed E-state index contributed by atoms with van der Waals surface area (Å²) in [5.41, 5.74) is 0.886. The lowest BCUT2D eigenvalue weighted by molar-refractivity contribution is -0.516. The quantitative estimate of drug-likeness (QED) is 0.551. The van der Waals surface area contributed by atoms with Gasteiger partial charge in [-0.25, -0.2) is 0 Å². The molecule has 1 aromatic carbocycles. The molecule has 0 saturated heterocycles. The Kier molecular flexibility index (Phi) is 2.14. The van der Waals surface area contributed by atoms with Gasteiger partial charge in [0.2, 0.25) is 0 Å². The third kappa shape index (κ3) is 1.56. The molecule has 0 spiro atoms. The molecule has 0 amide bonds. The number of rotatable bonds is 2. The Morgan fingerprint density at radius 1 is 1.43 bits per heavy atom. The van der Waals surface area contributed by atoms with E-state index in [1.165, 1.54) is 0 Å². The summed E-state index contributed by atoms with van der Waals surface area (Å²) in [6.07, 6.45) is -0.842. The SMILES string of the molecule is O=[N+]([O-])C1CNC(c2ccccc2)=N1. The van der Waals surface area contributed by atoms with E-state index in [-0.39, 0.29) is 11.5 Å². The minimum Gasteiger partial charge on any atom is -0.361 e. The maximum Gasteiger partial charge on any atom is 0.322 e. The molecule has 5 nitrogen and oxygen atoms in total. The van der Waals surface area contributed by atoms with Crippen LogP contribution >= 0.6 is 0 Å². The highest BCUT2D eigenvalue weighted by molar-refractivity contribution is 5.99. The first kappa shape index (κ1) is 8.68. The molecule has 0 bridgehead atoms. The highest BCUT2D eigenvalue weighted by Gasteiger charge is 2.26. The first-order valence-electron chi connectivity index (χ1n) is 4.28. The van der Waals surface area contributed by atoms with Crippen LogP contribution in [0.3, 0.4) is 0 Å². The molecule has 1 unspecified atom stereocenters. The first-order valence-corrected chi connectivity index (χ1v) is 4.28. The molecule has 0 radical (unpaired) electrons. The van der Waals surface area contributed by atoms with E-state index in [9.17, 15) is 10.1 Å². The smallest absolute Gasteiger partial charge is 0.322 e. The van der Waals surface area contributed by atoms with Crippen molar-refractivity contribution < 1.29 is 4.92 Å². The monoisotopic (exact) mass is 191 g/mol. The number of nitrogens with zero attached hydrogens (tertiary/aromatic N) is 2. The van der Waals surface area contributed by atoms with Gasteiger partial charge in [-0.3, -0.25) is 10.1 Å². The molecule has 14 heavy (non-hydrogen) atoms. The van der Waals surface area contributed by atoms with Crippen LogP contribution in [0.4, 0.5) is 0 Å². The van der Waals surface area contributed by atoms with E-state index in [2.05, 4.69) is 10.3 Å². The molecule has 5 heteroatoms. The summed E-state index contributed by atoms with van der Waals surface area (Å²) in [6, 6.07) is 9.38. The summed E-state index contributed by atoms with van der Waals surface area (Å²) in [6.45, 7) is 0.275. The van der Waals surface area contributed by atoms with E-state index in [1.54, 1.807) is 0 Å². The zero-order chi connectivity index (χ0) is 9.97. The van der Waals surface area contributed by atoms with Gasteiger partial charge in [-0.15, -0.1) is 0 Å². The molecule has 72 valence electrons.